The van der Waals surface area contributed by atoms with E-state index in [9.17, 15) is 14.3 Å². The number of anilines is 1. The number of piperidine rings is 2. The number of aryl methyl sites for hydroxylation is 1. The van der Waals surface area contributed by atoms with Crippen LogP contribution in [-0.2, 0) is 16.1 Å². The van der Waals surface area contributed by atoms with Crippen LogP contribution in [0.5, 0.6) is 5.75 Å². The first-order valence-corrected chi connectivity index (χ1v) is 15.2. The number of hydrogen-bond donors (Lipinski definition) is 0. The fraction of sp³-hybridized carbons (Fsp3) is 0.485. The van der Waals surface area contributed by atoms with E-state index in [1.807, 2.05) is 30.0 Å². The molecule has 0 aliphatic carbocycles. The van der Waals surface area contributed by atoms with Crippen molar-refractivity contribution in [1.29, 1.82) is 0 Å². The molecular weight excluding hydrogens is 577 g/mol. The van der Waals surface area contributed by atoms with Gasteiger partial charge in [0.1, 0.15) is 18.2 Å². The first-order chi connectivity index (χ1) is 20.9. The Balaban J connectivity index is 0.00000384. The topological polar surface area (TPSA) is 90.9 Å². The minimum absolute atomic E-state index is 0. The van der Waals surface area contributed by atoms with Crippen LogP contribution >= 0.6 is 0 Å². The van der Waals surface area contributed by atoms with Crippen LogP contribution in [0.2, 0.25) is 0 Å². The number of ether oxygens (including phenoxy) is 2. The summed E-state index contributed by atoms with van der Waals surface area (Å²) in [4.78, 5) is 25.3. The molecule has 3 aliphatic heterocycles. The second-order valence-electron chi connectivity index (χ2n) is 11.8. The Hall–Kier alpha value is -2.63. The number of nitrogens with zero attached hydrogens (tertiary/aromatic N) is 4. The third-order valence-corrected chi connectivity index (χ3v) is 9.13. The number of likely N-dealkylation sites (tertiary alicyclic amines) is 1. The molecule has 1 aromatic carbocycles. The molecule has 11 heteroatoms. The second kappa shape index (κ2) is 14.6. The van der Waals surface area contributed by atoms with Crippen molar-refractivity contribution in [3.05, 3.63) is 71.1 Å². The zero-order valence-corrected chi connectivity index (χ0v) is 27.4. The van der Waals surface area contributed by atoms with E-state index in [1.165, 1.54) is 6.07 Å². The minimum atomic E-state index is -1.03. The molecule has 3 aliphatic rings. The first-order valence-electron chi connectivity index (χ1n) is 15.2. The number of carbonyl (C=O) groups is 1. The van der Waals surface area contributed by atoms with Crippen LogP contribution in [0, 0.1) is 24.5 Å². The molecule has 8 nitrogen and oxygen atoms in total. The van der Waals surface area contributed by atoms with E-state index >= 15 is 4.39 Å². The van der Waals surface area contributed by atoms with Crippen LogP contribution < -0.4 is 44.3 Å². The average Bonchev–Trinajstić information content (AvgIpc) is 3.56. The smallest absolute Gasteiger partial charge is 0.550 e. The largest absolute Gasteiger partial charge is 1.00 e. The zero-order chi connectivity index (χ0) is 29.9. The summed E-state index contributed by atoms with van der Waals surface area (Å²) in [6, 6.07) is 11.9. The van der Waals surface area contributed by atoms with Crippen LogP contribution in [0.25, 0.3) is 11.3 Å². The van der Waals surface area contributed by atoms with Crippen molar-refractivity contribution in [1.82, 2.24) is 14.9 Å². The number of halogens is 2. The SMILES string of the molecule is Cc1nc(C2CCN(C3CCOC3)CC2)ccc1COc1c(F)cc(F)cc1-c1cccc(N2CCC(C(=O)[O-])CC2)n1.[Na+]. The molecule has 5 heterocycles. The van der Waals surface area contributed by atoms with Crippen molar-refractivity contribution in [2.45, 2.75) is 57.6 Å². The Morgan fingerprint density at radius 3 is 2.48 bits per heavy atom. The summed E-state index contributed by atoms with van der Waals surface area (Å²) in [5, 5.41) is 11.2. The van der Waals surface area contributed by atoms with Gasteiger partial charge in [0.05, 0.1) is 12.3 Å². The normalized spacial score (nSPS) is 20.0. The van der Waals surface area contributed by atoms with Crippen LogP contribution in [-0.4, -0.2) is 66.3 Å². The van der Waals surface area contributed by atoms with Gasteiger partial charge in [0.25, 0.3) is 0 Å². The summed E-state index contributed by atoms with van der Waals surface area (Å²) >= 11 is 0. The number of carboxylic acid groups (broad SMARTS) is 1. The molecule has 0 amide bonds. The number of carboxylic acids is 1. The van der Waals surface area contributed by atoms with E-state index in [4.69, 9.17) is 14.5 Å². The van der Waals surface area contributed by atoms with Crippen molar-refractivity contribution in [3.8, 4) is 17.0 Å². The molecule has 3 aromatic rings. The molecule has 6 rings (SSSR count). The number of carbonyl (C=O) groups excluding carboxylic acids is 1. The Morgan fingerprint density at radius 1 is 1.02 bits per heavy atom. The minimum Gasteiger partial charge on any atom is -0.550 e. The number of hydrogen-bond acceptors (Lipinski definition) is 8. The number of benzene rings is 1. The third-order valence-electron chi connectivity index (χ3n) is 9.13. The molecule has 3 fully saturated rings. The monoisotopic (exact) mass is 614 g/mol. The molecule has 1 unspecified atom stereocenters. The fourth-order valence-corrected chi connectivity index (χ4v) is 6.50. The molecule has 3 saturated heterocycles. The summed E-state index contributed by atoms with van der Waals surface area (Å²) in [5.41, 5.74) is 3.31. The van der Waals surface area contributed by atoms with Crippen molar-refractivity contribution in [2.75, 3.05) is 44.3 Å². The van der Waals surface area contributed by atoms with Crippen LogP contribution in [0.3, 0.4) is 0 Å². The Kier molecular flexibility index (Phi) is 10.9. The zero-order valence-electron chi connectivity index (χ0n) is 25.4. The Labute approximate surface area is 279 Å². The van der Waals surface area contributed by atoms with E-state index in [2.05, 4.69) is 9.88 Å². The molecular formula is C33H37F2N4NaO4. The number of rotatable bonds is 8. The second-order valence-corrected chi connectivity index (χ2v) is 11.8. The summed E-state index contributed by atoms with van der Waals surface area (Å²) < 4.78 is 41.1. The van der Waals surface area contributed by atoms with Gasteiger partial charge < -0.3 is 24.3 Å². The van der Waals surface area contributed by atoms with Gasteiger partial charge in [-0.2, -0.15) is 0 Å². The van der Waals surface area contributed by atoms with Gasteiger partial charge in [-0.1, -0.05) is 12.1 Å². The maximum absolute atomic E-state index is 15.1. The predicted molar refractivity (Wildman–Crippen MR) is 156 cm³/mol. The molecule has 1 atom stereocenters. The summed E-state index contributed by atoms with van der Waals surface area (Å²) in [5.74, 6) is -2.10. The first kappa shape index (κ1) is 32.8. The van der Waals surface area contributed by atoms with Crippen molar-refractivity contribution >= 4 is 11.8 Å². The Morgan fingerprint density at radius 2 is 1.80 bits per heavy atom. The van der Waals surface area contributed by atoms with Crippen LogP contribution in [0.4, 0.5) is 14.6 Å². The molecule has 44 heavy (non-hydrogen) atoms. The molecule has 0 radical (unpaired) electrons. The van der Waals surface area contributed by atoms with E-state index in [-0.39, 0.29) is 47.5 Å². The summed E-state index contributed by atoms with van der Waals surface area (Å²) in [7, 11) is 0. The number of pyridine rings is 2. The summed E-state index contributed by atoms with van der Waals surface area (Å²) in [6.07, 6.45) is 4.14. The number of aliphatic carboxylic acids is 1. The molecule has 0 spiro atoms. The summed E-state index contributed by atoms with van der Waals surface area (Å²) in [6.45, 7) is 6.80. The van der Waals surface area contributed by atoms with E-state index in [0.717, 1.165) is 68.6 Å². The maximum atomic E-state index is 15.1. The fourth-order valence-electron chi connectivity index (χ4n) is 6.50. The van der Waals surface area contributed by atoms with Gasteiger partial charge in [0.2, 0.25) is 0 Å². The Bertz CT molecular complexity index is 1460. The van der Waals surface area contributed by atoms with Gasteiger partial charge in [-0.3, -0.25) is 9.88 Å². The van der Waals surface area contributed by atoms with Gasteiger partial charge >= 0.3 is 29.6 Å². The maximum Gasteiger partial charge on any atom is 1.00 e. The van der Waals surface area contributed by atoms with Gasteiger partial charge in [-0.05, 0) is 76.4 Å². The van der Waals surface area contributed by atoms with Crippen LogP contribution in [0.1, 0.15) is 55.0 Å². The van der Waals surface area contributed by atoms with Crippen molar-refractivity contribution in [2.24, 2.45) is 5.92 Å². The van der Waals surface area contributed by atoms with Crippen molar-refractivity contribution < 1.29 is 57.7 Å². The van der Waals surface area contributed by atoms with Gasteiger partial charge in [-0.25, -0.2) is 13.8 Å². The van der Waals surface area contributed by atoms with Crippen molar-refractivity contribution in [3.63, 3.8) is 0 Å². The molecule has 0 saturated carbocycles. The third kappa shape index (κ3) is 7.42. The van der Waals surface area contributed by atoms with E-state index in [0.29, 0.717) is 49.4 Å². The van der Waals surface area contributed by atoms with E-state index < -0.39 is 23.5 Å². The average molecular weight is 615 g/mol. The van der Waals surface area contributed by atoms with Crippen LogP contribution in [0.15, 0.2) is 42.5 Å². The van der Waals surface area contributed by atoms with Gasteiger partial charge in [0, 0.05) is 72.1 Å². The number of aromatic nitrogens is 2. The van der Waals surface area contributed by atoms with E-state index in [1.54, 1.807) is 12.1 Å². The quantitative estimate of drug-likeness (QED) is 0.351. The predicted octanol–water partition coefficient (Wildman–Crippen LogP) is 1.25. The molecule has 0 bridgehead atoms. The van der Waals surface area contributed by atoms with Gasteiger partial charge in [-0.15, -0.1) is 0 Å². The standard InChI is InChI=1S/C33H38F2N4O4.Na/c1-21-24(5-6-29(36-21)22-7-12-38(13-8-22)26-11-16-42-20-26)19-43-32-27(17-25(34)18-28(32)35)30-3-2-4-31(37-30)39-14-9-23(10-15-39)33(40)41;/h2-6,17-18,22-23,26H,7-16,19-20H2,1H3,(H,40,41);/q;+1/p-1. The van der Waals surface area contributed by atoms with Gasteiger partial charge in [0.15, 0.2) is 11.6 Å². The molecule has 2 aromatic heterocycles. The molecule has 228 valence electrons. The molecule has 0 N–H and O–H groups in total.